The summed E-state index contributed by atoms with van der Waals surface area (Å²) in [6, 6.07) is 1.51. The van der Waals surface area contributed by atoms with E-state index in [-0.39, 0.29) is 16.3 Å². The molecule has 0 radical (unpaired) electrons. The molecular weight excluding hydrogens is 333 g/mol. The molecule has 1 N–H and O–H groups in total. The molecule has 0 spiro atoms. The third-order valence-corrected chi connectivity index (χ3v) is 3.33. The second-order valence-corrected chi connectivity index (χ2v) is 5.44. The van der Waals surface area contributed by atoms with Crippen molar-refractivity contribution >= 4 is 28.8 Å². The Bertz CT molecular complexity index is 633. The number of anilines is 1. The highest BCUT2D eigenvalue weighted by Gasteiger charge is 2.36. The first-order valence-electron chi connectivity index (χ1n) is 6.25. The van der Waals surface area contributed by atoms with Crippen molar-refractivity contribution in [2.75, 3.05) is 26.5 Å². The summed E-state index contributed by atoms with van der Waals surface area (Å²) in [6.45, 7) is 0. The molecular formula is C14H15F3N2O3S. The predicted molar refractivity (Wildman–Crippen MR) is 81.3 cm³/mol. The smallest absolute Gasteiger partial charge is 0.454 e. The molecule has 0 aromatic carbocycles. The number of methoxy groups -OCH3 is 1. The number of halogens is 3. The van der Waals surface area contributed by atoms with Gasteiger partial charge in [0, 0.05) is 32.1 Å². The summed E-state index contributed by atoms with van der Waals surface area (Å²) in [5.74, 6) is -2.63. The maximum Gasteiger partial charge on any atom is 0.454 e. The molecule has 1 heterocycles. The van der Waals surface area contributed by atoms with Crippen LogP contribution in [0.15, 0.2) is 35.5 Å². The summed E-state index contributed by atoms with van der Waals surface area (Å²) in [6.07, 6.45) is -1.79. The van der Waals surface area contributed by atoms with Gasteiger partial charge in [0.25, 0.3) is 5.78 Å². The molecule has 0 saturated carbocycles. The van der Waals surface area contributed by atoms with Crippen molar-refractivity contribution in [2.24, 2.45) is 0 Å². The number of hydrogen-bond donors (Lipinski definition) is 1. The number of alkyl halides is 3. The SMILES string of the molecule is COC(=O)c1sccc1NC(/C=C/N(C)C)=C/C(=O)C(F)(F)F. The second-order valence-electron chi connectivity index (χ2n) is 4.52. The van der Waals surface area contributed by atoms with Crippen molar-refractivity contribution in [3.63, 3.8) is 0 Å². The van der Waals surface area contributed by atoms with Gasteiger partial charge < -0.3 is 15.0 Å². The average Bonchev–Trinajstić information content (AvgIpc) is 2.90. The summed E-state index contributed by atoms with van der Waals surface area (Å²) in [5.41, 5.74) is 0.149. The van der Waals surface area contributed by atoms with Crippen molar-refractivity contribution in [1.82, 2.24) is 4.90 Å². The van der Waals surface area contributed by atoms with Gasteiger partial charge in [0.15, 0.2) is 0 Å². The van der Waals surface area contributed by atoms with E-state index in [4.69, 9.17) is 0 Å². The van der Waals surface area contributed by atoms with E-state index in [1.807, 2.05) is 0 Å². The van der Waals surface area contributed by atoms with Crippen LogP contribution < -0.4 is 5.32 Å². The van der Waals surface area contributed by atoms with Gasteiger partial charge in [-0.3, -0.25) is 4.79 Å². The third-order valence-electron chi connectivity index (χ3n) is 2.43. The molecule has 0 fully saturated rings. The fraction of sp³-hybridized carbons (Fsp3) is 0.286. The Morgan fingerprint density at radius 1 is 1.35 bits per heavy atom. The zero-order valence-electron chi connectivity index (χ0n) is 12.6. The van der Waals surface area contributed by atoms with Crippen LogP contribution in [0.2, 0.25) is 0 Å². The summed E-state index contributed by atoms with van der Waals surface area (Å²) >= 11 is 1.07. The molecule has 1 rings (SSSR count). The Hall–Kier alpha value is -2.29. The lowest BCUT2D eigenvalue weighted by Gasteiger charge is -2.10. The van der Waals surface area contributed by atoms with Crippen LogP contribution >= 0.6 is 11.3 Å². The largest absolute Gasteiger partial charge is 0.465 e. The van der Waals surface area contributed by atoms with Gasteiger partial charge in [-0.15, -0.1) is 11.3 Å². The number of thiophene rings is 1. The van der Waals surface area contributed by atoms with Crippen LogP contribution in [0.3, 0.4) is 0 Å². The number of ketones is 1. The van der Waals surface area contributed by atoms with Gasteiger partial charge >= 0.3 is 12.1 Å². The minimum atomic E-state index is -4.97. The third kappa shape index (κ3) is 5.78. The zero-order valence-corrected chi connectivity index (χ0v) is 13.4. The van der Waals surface area contributed by atoms with Gasteiger partial charge in [0.05, 0.1) is 12.8 Å². The maximum atomic E-state index is 12.4. The Kier molecular flexibility index (Phi) is 6.38. The van der Waals surface area contributed by atoms with E-state index in [0.29, 0.717) is 6.08 Å². The first-order chi connectivity index (χ1) is 10.6. The molecule has 0 bridgehead atoms. The van der Waals surface area contributed by atoms with Crippen LogP contribution in [0.4, 0.5) is 18.9 Å². The first kappa shape index (κ1) is 18.8. The van der Waals surface area contributed by atoms with Crippen LogP contribution in [-0.2, 0) is 9.53 Å². The molecule has 0 atom stereocenters. The van der Waals surface area contributed by atoms with Gasteiger partial charge in [-0.25, -0.2) is 4.79 Å². The number of nitrogens with zero attached hydrogens (tertiary/aromatic N) is 1. The van der Waals surface area contributed by atoms with Crippen molar-refractivity contribution in [3.8, 4) is 0 Å². The molecule has 1 aromatic heterocycles. The molecule has 0 saturated heterocycles. The maximum absolute atomic E-state index is 12.4. The Labute approximate surface area is 135 Å². The Morgan fingerprint density at radius 2 is 2.00 bits per heavy atom. The van der Waals surface area contributed by atoms with Crippen LogP contribution in [0.1, 0.15) is 9.67 Å². The molecule has 0 aliphatic rings. The lowest BCUT2D eigenvalue weighted by molar-refractivity contribution is -0.165. The van der Waals surface area contributed by atoms with Crippen molar-refractivity contribution in [3.05, 3.63) is 40.4 Å². The minimum absolute atomic E-state index is 0.107. The Morgan fingerprint density at radius 3 is 2.52 bits per heavy atom. The number of esters is 1. The van der Waals surface area contributed by atoms with E-state index in [1.165, 1.54) is 25.5 Å². The average molecular weight is 348 g/mol. The molecule has 0 aliphatic carbocycles. The highest BCUT2D eigenvalue weighted by molar-refractivity contribution is 7.12. The molecule has 126 valence electrons. The first-order valence-corrected chi connectivity index (χ1v) is 7.13. The molecule has 0 aliphatic heterocycles. The molecule has 5 nitrogen and oxygen atoms in total. The number of carbonyl (C=O) groups is 2. The van der Waals surface area contributed by atoms with Crippen LogP contribution in [0, 0.1) is 0 Å². The molecule has 23 heavy (non-hydrogen) atoms. The van der Waals surface area contributed by atoms with Gasteiger partial charge in [-0.2, -0.15) is 13.2 Å². The van der Waals surface area contributed by atoms with E-state index in [0.717, 1.165) is 11.3 Å². The number of nitrogens with one attached hydrogen (secondary N) is 1. The lowest BCUT2D eigenvalue weighted by atomic mass is 10.2. The van der Waals surface area contributed by atoms with Crippen LogP contribution in [-0.4, -0.2) is 44.0 Å². The number of rotatable bonds is 6. The highest BCUT2D eigenvalue weighted by Crippen LogP contribution is 2.25. The topological polar surface area (TPSA) is 58.6 Å². The van der Waals surface area contributed by atoms with E-state index >= 15 is 0 Å². The standard InChI is InChI=1S/C14H15F3N2O3S/c1-19(2)6-4-9(8-11(20)14(15,16)17)18-10-5-7-23-12(10)13(21)22-3/h4-8,18H,1-3H3/b6-4+,9-8+. The van der Waals surface area contributed by atoms with E-state index in [1.54, 1.807) is 24.4 Å². The number of ether oxygens (including phenoxy) is 1. The van der Waals surface area contributed by atoms with Gasteiger partial charge in [0.1, 0.15) is 4.88 Å². The number of hydrogen-bond acceptors (Lipinski definition) is 6. The summed E-state index contributed by atoms with van der Waals surface area (Å²) in [4.78, 5) is 24.5. The molecule has 1 aromatic rings. The molecule has 0 unspecified atom stereocenters. The summed E-state index contributed by atoms with van der Waals surface area (Å²) < 4.78 is 41.9. The van der Waals surface area contributed by atoms with Crippen molar-refractivity contribution in [1.29, 1.82) is 0 Å². The monoisotopic (exact) mass is 348 g/mol. The fourth-order valence-electron chi connectivity index (χ4n) is 1.39. The fourth-order valence-corrected chi connectivity index (χ4v) is 2.16. The lowest BCUT2D eigenvalue weighted by Crippen LogP contribution is -2.21. The van der Waals surface area contributed by atoms with Crippen LogP contribution in [0.5, 0.6) is 0 Å². The number of allylic oxidation sites excluding steroid dienone is 2. The Balaban J connectivity index is 3.12. The van der Waals surface area contributed by atoms with E-state index < -0.39 is 17.9 Å². The van der Waals surface area contributed by atoms with Gasteiger partial charge in [0.2, 0.25) is 0 Å². The van der Waals surface area contributed by atoms with E-state index in [9.17, 15) is 22.8 Å². The quantitative estimate of drug-likeness (QED) is 0.486. The summed E-state index contributed by atoms with van der Waals surface area (Å²) in [5, 5.41) is 4.21. The normalized spacial score (nSPS) is 12.3. The second kappa shape index (κ2) is 7.82. The van der Waals surface area contributed by atoms with E-state index in [2.05, 4.69) is 10.1 Å². The van der Waals surface area contributed by atoms with Crippen molar-refractivity contribution in [2.45, 2.75) is 6.18 Å². The minimum Gasteiger partial charge on any atom is -0.465 e. The van der Waals surface area contributed by atoms with Gasteiger partial charge in [-0.1, -0.05) is 0 Å². The zero-order chi connectivity index (χ0) is 17.6. The van der Waals surface area contributed by atoms with Crippen LogP contribution in [0.25, 0.3) is 0 Å². The summed E-state index contributed by atoms with van der Waals surface area (Å²) in [7, 11) is 4.54. The van der Waals surface area contributed by atoms with Gasteiger partial charge in [-0.05, 0) is 17.5 Å². The highest BCUT2D eigenvalue weighted by atomic mass is 32.1. The van der Waals surface area contributed by atoms with Crippen molar-refractivity contribution < 1.29 is 27.5 Å². The number of carbonyl (C=O) groups excluding carboxylic acids is 2. The molecule has 0 amide bonds. The predicted octanol–water partition coefficient (Wildman–Crippen LogP) is 3.04. The molecule has 9 heteroatoms.